The monoisotopic (exact) mass is 214 g/mol. The van der Waals surface area contributed by atoms with Gasteiger partial charge in [-0.05, 0) is 20.4 Å². The number of nitrogens with one attached hydrogen (secondary N) is 1. The first-order valence-corrected chi connectivity index (χ1v) is 5.13. The van der Waals surface area contributed by atoms with Crippen LogP contribution in [0.5, 0.6) is 0 Å². The fourth-order valence-corrected chi connectivity index (χ4v) is 1.77. The molecule has 0 aliphatic carbocycles. The summed E-state index contributed by atoms with van der Waals surface area (Å²) in [5, 5.41) is 11.9. The van der Waals surface area contributed by atoms with Crippen molar-refractivity contribution in [2.75, 3.05) is 13.1 Å². The highest BCUT2D eigenvalue weighted by Crippen LogP contribution is 2.14. The number of amides is 2. The molecule has 1 rings (SSSR count). The predicted octanol–water partition coefficient (Wildman–Crippen LogP) is -0.506. The van der Waals surface area contributed by atoms with Gasteiger partial charge >= 0.3 is 0 Å². The molecule has 86 valence electrons. The third-order valence-electron chi connectivity index (χ3n) is 2.38. The third kappa shape index (κ3) is 3.28. The second kappa shape index (κ2) is 4.28. The number of hydrogen-bond acceptors (Lipinski definition) is 4. The van der Waals surface area contributed by atoms with Crippen molar-refractivity contribution in [1.82, 2.24) is 10.2 Å². The molecule has 1 atom stereocenters. The van der Waals surface area contributed by atoms with Crippen LogP contribution in [-0.4, -0.2) is 46.6 Å². The number of likely N-dealkylation sites (N-methyl/N-ethyl adjacent to an activating group) is 1. The second-order valence-electron chi connectivity index (χ2n) is 4.51. The highest BCUT2D eigenvalue weighted by molar-refractivity contribution is 6.05. The van der Waals surface area contributed by atoms with Crippen molar-refractivity contribution in [3.8, 4) is 0 Å². The van der Waals surface area contributed by atoms with E-state index in [1.54, 1.807) is 13.8 Å². The van der Waals surface area contributed by atoms with E-state index in [2.05, 4.69) is 5.32 Å². The van der Waals surface area contributed by atoms with Crippen LogP contribution in [-0.2, 0) is 9.59 Å². The lowest BCUT2D eigenvalue weighted by Gasteiger charge is -2.30. The number of imide groups is 1. The predicted molar refractivity (Wildman–Crippen MR) is 55.1 cm³/mol. The molecule has 2 amide bonds. The number of carbonyl (C=O) groups is 2. The van der Waals surface area contributed by atoms with Crippen molar-refractivity contribution in [3.05, 3.63) is 0 Å². The lowest BCUT2D eigenvalue weighted by molar-refractivity contribution is -0.126. The van der Waals surface area contributed by atoms with Gasteiger partial charge in [-0.1, -0.05) is 6.92 Å². The van der Waals surface area contributed by atoms with E-state index in [4.69, 9.17) is 0 Å². The molecule has 1 fully saturated rings. The van der Waals surface area contributed by atoms with Crippen LogP contribution in [0.4, 0.5) is 0 Å². The van der Waals surface area contributed by atoms with Crippen molar-refractivity contribution in [1.29, 1.82) is 0 Å². The van der Waals surface area contributed by atoms with Gasteiger partial charge in [-0.3, -0.25) is 19.8 Å². The van der Waals surface area contributed by atoms with E-state index in [0.29, 0.717) is 13.1 Å². The Hall–Kier alpha value is -0.940. The van der Waals surface area contributed by atoms with Gasteiger partial charge in [-0.2, -0.15) is 0 Å². The Morgan fingerprint density at radius 2 is 2.13 bits per heavy atom. The molecule has 1 aliphatic heterocycles. The van der Waals surface area contributed by atoms with E-state index in [1.807, 2.05) is 11.8 Å². The van der Waals surface area contributed by atoms with Gasteiger partial charge in [-0.25, -0.2) is 0 Å². The first-order valence-electron chi connectivity index (χ1n) is 5.13. The molecule has 0 aromatic carbocycles. The van der Waals surface area contributed by atoms with Gasteiger partial charge in [0, 0.05) is 6.54 Å². The summed E-state index contributed by atoms with van der Waals surface area (Å²) in [5.74, 6) is -0.495. The zero-order chi connectivity index (χ0) is 11.6. The molecule has 5 nitrogen and oxygen atoms in total. The molecule has 15 heavy (non-hydrogen) atoms. The Labute approximate surface area is 89.4 Å². The topological polar surface area (TPSA) is 69.6 Å². The van der Waals surface area contributed by atoms with Crippen LogP contribution in [0.1, 0.15) is 27.2 Å². The standard InChI is InChI=1S/C10H18N2O3/c1-4-12(6-10(2,3)15)7-5-8(13)11-9(7)14/h7,15H,4-6H2,1-3H3,(H,11,13,14). The average Bonchev–Trinajstić information content (AvgIpc) is 2.39. The van der Waals surface area contributed by atoms with Crippen LogP contribution in [0.15, 0.2) is 0 Å². The first-order chi connectivity index (χ1) is 6.83. The number of rotatable bonds is 4. The largest absolute Gasteiger partial charge is 0.389 e. The van der Waals surface area contributed by atoms with Gasteiger partial charge < -0.3 is 5.11 Å². The molecule has 0 radical (unpaired) electrons. The van der Waals surface area contributed by atoms with E-state index in [-0.39, 0.29) is 18.2 Å². The number of aliphatic hydroxyl groups is 1. The highest BCUT2D eigenvalue weighted by Gasteiger charge is 2.36. The van der Waals surface area contributed by atoms with E-state index in [9.17, 15) is 14.7 Å². The lowest BCUT2D eigenvalue weighted by Crippen LogP contribution is -2.47. The van der Waals surface area contributed by atoms with Crippen LogP contribution < -0.4 is 5.32 Å². The molecule has 0 aromatic heterocycles. The van der Waals surface area contributed by atoms with Crippen LogP contribution >= 0.6 is 0 Å². The second-order valence-corrected chi connectivity index (χ2v) is 4.51. The third-order valence-corrected chi connectivity index (χ3v) is 2.38. The maximum Gasteiger partial charge on any atom is 0.244 e. The highest BCUT2D eigenvalue weighted by atomic mass is 16.3. The van der Waals surface area contributed by atoms with Crippen molar-refractivity contribution in [3.63, 3.8) is 0 Å². The maximum atomic E-state index is 11.4. The van der Waals surface area contributed by atoms with E-state index < -0.39 is 11.6 Å². The zero-order valence-electron chi connectivity index (χ0n) is 9.41. The molecule has 1 saturated heterocycles. The van der Waals surface area contributed by atoms with Crippen LogP contribution in [0.3, 0.4) is 0 Å². The Bertz CT molecular complexity index is 270. The Morgan fingerprint density at radius 1 is 1.53 bits per heavy atom. The van der Waals surface area contributed by atoms with Gasteiger partial charge in [0.25, 0.3) is 0 Å². The lowest BCUT2D eigenvalue weighted by atomic mass is 10.1. The fraction of sp³-hybridized carbons (Fsp3) is 0.800. The molecular weight excluding hydrogens is 196 g/mol. The van der Waals surface area contributed by atoms with Gasteiger partial charge in [0.15, 0.2) is 0 Å². The van der Waals surface area contributed by atoms with Crippen LogP contribution in [0.25, 0.3) is 0 Å². The summed E-state index contributed by atoms with van der Waals surface area (Å²) in [6.45, 7) is 6.29. The van der Waals surface area contributed by atoms with Gasteiger partial charge in [0.1, 0.15) is 0 Å². The Morgan fingerprint density at radius 3 is 2.47 bits per heavy atom. The maximum absolute atomic E-state index is 11.4. The van der Waals surface area contributed by atoms with Gasteiger partial charge in [0.2, 0.25) is 11.8 Å². The molecule has 1 aliphatic rings. The SMILES string of the molecule is CCN(CC(C)(C)O)C1CC(=O)NC1=O. The smallest absolute Gasteiger partial charge is 0.244 e. The number of nitrogens with zero attached hydrogens (tertiary/aromatic N) is 1. The minimum atomic E-state index is -0.859. The molecule has 0 aromatic rings. The zero-order valence-corrected chi connectivity index (χ0v) is 9.41. The van der Waals surface area contributed by atoms with Gasteiger partial charge in [-0.15, -0.1) is 0 Å². The molecular formula is C10H18N2O3. The molecule has 2 N–H and O–H groups in total. The molecule has 0 saturated carbocycles. The Kier molecular flexibility index (Phi) is 3.46. The van der Waals surface area contributed by atoms with E-state index in [1.165, 1.54) is 0 Å². The summed E-state index contributed by atoms with van der Waals surface area (Å²) in [5.41, 5.74) is -0.859. The van der Waals surface area contributed by atoms with Crippen molar-refractivity contribution >= 4 is 11.8 Å². The van der Waals surface area contributed by atoms with E-state index >= 15 is 0 Å². The summed E-state index contributed by atoms with van der Waals surface area (Å²) < 4.78 is 0. The quantitative estimate of drug-likeness (QED) is 0.619. The summed E-state index contributed by atoms with van der Waals surface area (Å²) in [6.07, 6.45) is 0.197. The first kappa shape index (κ1) is 12.1. The van der Waals surface area contributed by atoms with Gasteiger partial charge in [0.05, 0.1) is 18.1 Å². The summed E-state index contributed by atoms with van der Waals surface area (Å²) in [4.78, 5) is 24.3. The Balaban J connectivity index is 2.67. The summed E-state index contributed by atoms with van der Waals surface area (Å²) in [7, 11) is 0. The molecule has 1 unspecified atom stereocenters. The van der Waals surface area contributed by atoms with Crippen LogP contribution in [0, 0.1) is 0 Å². The van der Waals surface area contributed by atoms with Crippen molar-refractivity contribution < 1.29 is 14.7 Å². The minimum Gasteiger partial charge on any atom is -0.389 e. The average molecular weight is 214 g/mol. The molecule has 0 spiro atoms. The summed E-state index contributed by atoms with van der Waals surface area (Å²) >= 11 is 0. The van der Waals surface area contributed by atoms with Crippen LogP contribution in [0.2, 0.25) is 0 Å². The molecule has 0 bridgehead atoms. The summed E-state index contributed by atoms with van der Waals surface area (Å²) in [6, 6.07) is -0.422. The normalized spacial score (nSPS) is 22.3. The molecule has 1 heterocycles. The number of hydrogen-bond donors (Lipinski definition) is 2. The fourth-order valence-electron chi connectivity index (χ4n) is 1.77. The minimum absolute atomic E-state index is 0.197. The number of carbonyl (C=O) groups excluding carboxylic acids is 2. The van der Waals surface area contributed by atoms with Crippen molar-refractivity contribution in [2.24, 2.45) is 0 Å². The molecule has 5 heteroatoms. The van der Waals surface area contributed by atoms with E-state index in [0.717, 1.165) is 0 Å². The van der Waals surface area contributed by atoms with Crippen molar-refractivity contribution in [2.45, 2.75) is 38.8 Å².